The molecule has 4 rings (SSSR count). The first-order chi connectivity index (χ1) is 13.9. The smallest absolute Gasteiger partial charge is 0.274 e. The number of carbonyl (C=O) groups excluding carboxylic acids is 2. The second-order valence-electron chi connectivity index (χ2n) is 7.12. The Labute approximate surface area is 166 Å². The molecule has 2 aromatic rings. The predicted octanol–water partition coefficient (Wildman–Crippen LogP) is 3.49. The minimum atomic E-state index is -0.648. The fraction of sp³-hybridized carbons (Fsp3) is 0.286. The summed E-state index contributed by atoms with van der Waals surface area (Å²) < 4.78 is 33.3. The molecule has 1 saturated heterocycles. The summed E-state index contributed by atoms with van der Waals surface area (Å²) in [5.41, 5.74) is 1.20. The van der Waals surface area contributed by atoms with Gasteiger partial charge in [-0.1, -0.05) is 0 Å². The molecule has 2 amide bonds. The van der Waals surface area contributed by atoms with Crippen molar-refractivity contribution >= 4 is 18.5 Å². The summed E-state index contributed by atoms with van der Waals surface area (Å²) in [6.07, 6.45) is 1.28. The van der Waals surface area contributed by atoms with Crippen LogP contribution >= 0.6 is 0 Å². The Morgan fingerprint density at radius 2 is 2.14 bits per heavy atom. The highest BCUT2D eigenvalue weighted by Crippen LogP contribution is 2.35. The Kier molecular flexibility index (Phi) is 4.77. The number of nitrogens with zero attached hydrogens (tertiary/aromatic N) is 3. The zero-order chi connectivity index (χ0) is 20.7. The van der Waals surface area contributed by atoms with Crippen LogP contribution in [0.1, 0.15) is 44.7 Å². The Bertz CT molecular complexity index is 1020. The van der Waals surface area contributed by atoms with E-state index in [0.29, 0.717) is 23.4 Å². The molecule has 1 atom stereocenters. The van der Waals surface area contributed by atoms with E-state index in [1.807, 2.05) is 0 Å². The first-order valence-corrected chi connectivity index (χ1v) is 9.23. The maximum Gasteiger partial charge on any atom is 0.274 e. The Morgan fingerprint density at radius 3 is 2.90 bits per heavy atom. The number of rotatable bonds is 4. The fourth-order valence-electron chi connectivity index (χ4n) is 3.73. The number of carbonyl (C=O) groups is 2. The summed E-state index contributed by atoms with van der Waals surface area (Å²) in [5, 5.41) is 4.64. The van der Waals surface area contributed by atoms with E-state index < -0.39 is 17.5 Å². The quantitative estimate of drug-likeness (QED) is 0.584. The summed E-state index contributed by atoms with van der Waals surface area (Å²) in [4.78, 5) is 27.4. The normalized spacial score (nSPS) is 17.4. The molecular formula is C21H19F2N3O3. The van der Waals surface area contributed by atoms with Gasteiger partial charge < -0.3 is 9.64 Å². The van der Waals surface area contributed by atoms with E-state index in [-0.39, 0.29) is 29.8 Å². The van der Waals surface area contributed by atoms with Crippen LogP contribution in [0.4, 0.5) is 8.78 Å². The highest BCUT2D eigenvalue weighted by atomic mass is 19.1. The number of amides is 2. The third-order valence-corrected chi connectivity index (χ3v) is 5.24. The highest BCUT2D eigenvalue weighted by Gasteiger charge is 2.38. The second-order valence-corrected chi connectivity index (χ2v) is 7.12. The van der Waals surface area contributed by atoms with E-state index in [9.17, 15) is 18.4 Å². The van der Waals surface area contributed by atoms with Gasteiger partial charge in [-0.05, 0) is 49.2 Å². The van der Waals surface area contributed by atoms with E-state index >= 15 is 0 Å². The van der Waals surface area contributed by atoms with Crippen LogP contribution in [0, 0.1) is 18.6 Å². The minimum absolute atomic E-state index is 0.0191. The lowest BCUT2D eigenvalue weighted by Crippen LogP contribution is -2.43. The van der Waals surface area contributed by atoms with E-state index in [0.717, 1.165) is 36.0 Å². The van der Waals surface area contributed by atoms with Crippen LogP contribution in [0.2, 0.25) is 0 Å². The molecule has 1 unspecified atom stereocenters. The van der Waals surface area contributed by atoms with Crippen LogP contribution in [-0.4, -0.2) is 41.2 Å². The molecule has 1 fully saturated rings. The van der Waals surface area contributed by atoms with Crippen molar-refractivity contribution < 1.29 is 23.1 Å². The SMILES string of the molecule is C=NN(Cc1cc(F)ccc1F)C(=O)c1cc2c(cc1C)C(=O)N1CCCC1O2. The summed E-state index contributed by atoms with van der Waals surface area (Å²) in [6.45, 7) is 5.44. The molecule has 2 aliphatic heterocycles. The maximum atomic E-state index is 14.0. The molecule has 0 spiro atoms. The summed E-state index contributed by atoms with van der Waals surface area (Å²) in [7, 11) is 0. The average molecular weight is 399 g/mol. The van der Waals surface area contributed by atoms with Gasteiger partial charge in [-0.3, -0.25) is 9.59 Å². The molecule has 150 valence electrons. The Hall–Kier alpha value is -3.29. The average Bonchev–Trinajstić information content (AvgIpc) is 3.17. The first kappa shape index (κ1) is 19.0. The molecule has 0 bridgehead atoms. The van der Waals surface area contributed by atoms with Crippen molar-refractivity contribution in [1.29, 1.82) is 0 Å². The van der Waals surface area contributed by atoms with Crippen molar-refractivity contribution in [3.8, 4) is 5.75 Å². The van der Waals surface area contributed by atoms with Crippen molar-refractivity contribution in [3.05, 3.63) is 64.2 Å². The van der Waals surface area contributed by atoms with Gasteiger partial charge in [-0.25, -0.2) is 13.8 Å². The number of hydrogen-bond acceptors (Lipinski definition) is 4. The van der Waals surface area contributed by atoms with Crippen LogP contribution in [0.25, 0.3) is 0 Å². The van der Waals surface area contributed by atoms with Gasteiger partial charge in [0.1, 0.15) is 17.4 Å². The monoisotopic (exact) mass is 399 g/mol. The van der Waals surface area contributed by atoms with Gasteiger partial charge in [0.2, 0.25) is 0 Å². The van der Waals surface area contributed by atoms with Gasteiger partial charge in [0.25, 0.3) is 11.8 Å². The van der Waals surface area contributed by atoms with Crippen molar-refractivity contribution in [2.75, 3.05) is 6.54 Å². The van der Waals surface area contributed by atoms with Gasteiger partial charge in [0.05, 0.1) is 12.1 Å². The van der Waals surface area contributed by atoms with E-state index in [4.69, 9.17) is 4.74 Å². The highest BCUT2D eigenvalue weighted by molar-refractivity contribution is 6.02. The van der Waals surface area contributed by atoms with Gasteiger partial charge >= 0.3 is 0 Å². The summed E-state index contributed by atoms with van der Waals surface area (Å²) in [6, 6.07) is 6.13. The predicted molar refractivity (Wildman–Crippen MR) is 102 cm³/mol. The van der Waals surface area contributed by atoms with Gasteiger partial charge in [-0.2, -0.15) is 5.10 Å². The molecule has 0 saturated carbocycles. The molecule has 0 radical (unpaired) electrons. The van der Waals surface area contributed by atoms with Crippen LogP contribution in [0.15, 0.2) is 35.4 Å². The maximum absolute atomic E-state index is 14.0. The molecular weight excluding hydrogens is 380 g/mol. The van der Waals surface area contributed by atoms with Crippen molar-refractivity contribution in [1.82, 2.24) is 9.91 Å². The Balaban J connectivity index is 1.65. The van der Waals surface area contributed by atoms with Crippen LogP contribution in [0.5, 0.6) is 5.75 Å². The molecule has 2 heterocycles. The first-order valence-electron chi connectivity index (χ1n) is 9.23. The van der Waals surface area contributed by atoms with Crippen molar-refractivity contribution in [2.24, 2.45) is 5.10 Å². The van der Waals surface area contributed by atoms with Crippen LogP contribution < -0.4 is 4.74 Å². The number of fused-ring (bicyclic) bond motifs is 2. The third kappa shape index (κ3) is 3.35. The van der Waals surface area contributed by atoms with Gasteiger partial charge in [0, 0.05) is 30.8 Å². The van der Waals surface area contributed by atoms with Crippen LogP contribution in [0.3, 0.4) is 0 Å². The molecule has 0 N–H and O–H groups in total. The van der Waals surface area contributed by atoms with E-state index in [1.165, 1.54) is 6.07 Å². The Morgan fingerprint density at radius 1 is 1.34 bits per heavy atom. The molecule has 2 aromatic carbocycles. The standard InChI is InChI=1S/C21H19F2N3O3/c1-12-8-16-18(29-19-4-3-7-25(19)20(16)27)10-15(12)21(28)26(24-2)11-13-9-14(22)5-6-17(13)23/h5-6,8-10,19H,2-4,7,11H2,1H3. The zero-order valence-corrected chi connectivity index (χ0v) is 15.8. The molecule has 6 nitrogen and oxygen atoms in total. The van der Waals surface area contributed by atoms with Gasteiger partial charge in [-0.15, -0.1) is 0 Å². The number of hydrazone groups is 1. The summed E-state index contributed by atoms with van der Waals surface area (Å²) >= 11 is 0. The van der Waals surface area contributed by atoms with Gasteiger partial charge in [0.15, 0.2) is 6.23 Å². The number of aryl methyl sites for hydroxylation is 1. The molecule has 8 heteroatoms. The number of hydrogen-bond donors (Lipinski definition) is 0. The second kappa shape index (κ2) is 7.27. The lowest BCUT2D eigenvalue weighted by molar-refractivity contribution is 0.0292. The van der Waals surface area contributed by atoms with E-state index in [1.54, 1.807) is 17.9 Å². The zero-order valence-electron chi connectivity index (χ0n) is 15.8. The van der Waals surface area contributed by atoms with Crippen molar-refractivity contribution in [2.45, 2.75) is 32.5 Å². The largest absolute Gasteiger partial charge is 0.470 e. The fourth-order valence-corrected chi connectivity index (χ4v) is 3.73. The third-order valence-electron chi connectivity index (χ3n) is 5.24. The molecule has 0 aliphatic carbocycles. The minimum Gasteiger partial charge on any atom is -0.470 e. The lowest BCUT2D eigenvalue weighted by Gasteiger charge is -2.32. The van der Waals surface area contributed by atoms with Crippen molar-refractivity contribution in [3.63, 3.8) is 0 Å². The topological polar surface area (TPSA) is 62.2 Å². The molecule has 0 aromatic heterocycles. The molecule has 2 aliphatic rings. The van der Waals surface area contributed by atoms with Crippen LogP contribution in [-0.2, 0) is 6.54 Å². The molecule has 29 heavy (non-hydrogen) atoms. The number of benzene rings is 2. The number of halogens is 2. The summed E-state index contributed by atoms with van der Waals surface area (Å²) in [5.74, 6) is -1.58. The lowest BCUT2D eigenvalue weighted by atomic mass is 10.0. The van der Waals surface area contributed by atoms with E-state index in [2.05, 4.69) is 11.8 Å². The number of ether oxygens (including phenoxy) is 1.